The van der Waals surface area contributed by atoms with Crippen molar-refractivity contribution in [2.75, 3.05) is 11.4 Å². The molecule has 1 aromatic carbocycles. The van der Waals surface area contributed by atoms with Crippen LogP contribution in [0.1, 0.15) is 18.1 Å². The summed E-state index contributed by atoms with van der Waals surface area (Å²) in [6.45, 7) is 4.38. The predicted octanol–water partition coefficient (Wildman–Crippen LogP) is 2.71. The molecule has 0 saturated carbocycles. The van der Waals surface area contributed by atoms with Crippen molar-refractivity contribution in [3.8, 4) is 0 Å². The van der Waals surface area contributed by atoms with Gasteiger partial charge in [0.2, 0.25) is 0 Å². The van der Waals surface area contributed by atoms with E-state index in [1.807, 2.05) is 43.3 Å². The molecule has 0 atom stereocenters. The number of hydrogen-bond acceptors (Lipinski definition) is 5. The maximum absolute atomic E-state index is 12.7. The number of hydrogen-bond donors (Lipinski definition) is 2. The average Bonchev–Trinajstić information content (AvgIpc) is 2.91. The van der Waals surface area contributed by atoms with Crippen molar-refractivity contribution in [3.05, 3.63) is 71.3 Å². The zero-order valence-corrected chi connectivity index (χ0v) is 14.2. The highest BCUT2D eigenvalue weighted by Crippen LogP contribution is 2.25. The summed E-state index contributed by atoms with van der Waals surface area (Å²) in [4.78, 5) is 18.2. The van der Waals surface area contributed by atoms with Crippen molar-refractivity contribution in [2.24, 2.45) is 5.10 Å². The fraction of sp³-hybridized carbons (Fsp3) is 0.211. The fourth-order valence-corrected chi connectivity index (χ4v) is 2.66. The molecule has 0 fully saturated rings. The largest absolute Gasteiger partial charge is 0.509 e. The number of hydrazone groups is 1. The van der Waals surface area contributed by atoms with Crippen LogP contribution in [0.3, 0.4) is 0 Å². The number of nitrogens with zero attached hydrogens (tertiary/aromatic N) is 3. The third-order valence-electron chi connectivity index (χ3n) is 4.04. The van der Waals surface area contributed by atoms with Gasteiger partial charge in [-0.3, -0.25) is 9.78 Å². The van der Waals surface area contributed by atoms with Crippen LogP contribution in [0.2, 0.25) is 0 Å². The van der Waals surface area contributed by atoms with Crippen molar-refractivity contribution < 1.29 is 9.90 Å². The van der Waals surface area contributed by atoms with Gasteiger partial charge >= 0.3 is 0 Å². The van der Waals surface area contributed by atoms with Gasteiger partial charge in [0.25, 0.3) is 5.91 Å². The van der Waals surface area contributed by atoms with Gasteiger partial charge < -0.3 is 15.4 Å². The minimum absolute atomic E-state index is 0.0394. The molecule has 3 rings (SSSR count). The molecular formula is C19H20N4O2. The lowest BCUT2D eigenvalue weighted by Crippen LogP contribution is -2.28. The summed E-state index contributed by atoms with van der Waals surface area (Å²) >= 11 is 0. The van der Waals surface area contributed by atoms with Crippen LogP contribution < -0.4 is 10.3 Å². The Labute approximate surface area is 146 Å². The Morgan fingerprint density at radius 1 is 1.24 bits per heavy atom. The minimum Gasteiger partial charge on any atom is -0.509 e. The Bertz CT molecular complexity index is 826. The zero-order valence-electron chi connectivity index (χ0n) is 14.2. The molecule has 1 aliphatic rings. The third-order valence-corrected chi connectivity index (χ3v) is 4.04. The summed E-state index contributed by atoms with van der Waals surface area (Å²) in [6, 6.07) is 11.4. The maximum Gasteiger partial charge on any atom is 0.264 e. The summed E-state index contributed by atoms with van der Waals surface area (Å²) in [6.07, 6.45) is 3.42. The van der Waals surface area contributed by atoms with Gasteiger partial charge in [0.05, 0.1) is 18.8 Å². The molecule has 2 N–H and O–H groups in total. The standard InChI is InChI=1S/C19H20N4O2/c1-13-3-5-16(6-4-13)23-12-17(24)18(19(23)25)14(2)22-21-11-15-7-9-20-10-8-15/h3-10,21,24H,11-12H2,1-2H3. The molecule has 1 aliphatic heterocycles. The first-order valence-corrected chi connectivity index (χ1v) is 8.03. The lowest BCUT2D eigenvalue weighted by Gasteiger charge is -2.16. The number of aromatic nitrogens is 1. The van der Waals surface area contributed by atoms with Gasteiger partial charge in [-0.1, -0.05) is 17.7 Å². The summed E-state index contributed by atoms with van der Waals surface area (Å²) in [5.41, 5.74) is 6.55. The molecule has 0 aliphatic carbocycles. The Morgan fingerprint density at radius 3 is 2.60 bits per heavy atom. The predicted molar refractivity (Wildman–Crippen MR) is 97.4 cm³/mol. The van der Waals surface area contributed by atoms with Crippen LogP contribution >= 0.6 is 0 Å². The molecule has 2 aromatic rings. The number of carbonyl (C=O) groups excluding carboxylic acids is 1. The number of amides is 1. The van der Waals surface area contributed by atoms with Crippen LogP contribution in [0.5, 0.6) is 0 Å². The maximum atomic E-state index is 12.7. The first kappa shape index (κ1) is 16.7. The molecule has 0 spiro atoms. The lowest BCUT2D eigenvalue weighted by atomic mass is 10.1. The van der Waals surface area contributed by atoms with Gasteiger partial charge in [-0.2, -0.15) is 5.10 Å². The molecule has 0 bridgehead atoms. The smallest absolute Gasteiger partial charge is 0.264 e. The quantitative estimate of drug-likeness (QED) is 0.650. The van der Waals surface area contributed by atoms with Gasteiger partial charge in [-0.15, -0.1) is 0 Å². The van der Waals surface area contributed by atoms with Crippen LogP contribution in [-0.2, 0) is 11.3 Å². The van der Waals surface area contributed by atoms with E-state index in [2.05, 4.69) is 15.5 Å². The molecule has 0 saturated heterocycles. The molecule has 0 unspecified atom stereocenters. The van der Waals surface area contributed by atoms with E-state index in [1.54, 1.807) is 24.2 Å². The van der Waals surface area contributed by atoms with Crippen molar-refractivity contribution >= 4 is 17.3 Å². The minimum atomic E-state index is -0.242. The average molecular weight is 336 g/mol. The molecule has 128 valence electrons. The third kappa shape index (κ3) is 3.68. The van der Waals surface area contributed by atoms with Crippen LogP contribution in [0, 0.1) is 6.92 Å². The summed E-state index contributed by atoms with van der Waals surface area (Å²) in [7, 11) is 0. The highest BCUT2D eigenvalue weighted by Gasteiger charge is 2.33. The molecular weight excluding hydrogens is 316 g/mol. The monoisotopic (exact) mass is 336 g/mol. The lowest BCUT2D eigenvalue weighted by molar-refractivity contribution is -0.114. The van der Waals surface area contributed by atoms with Crippen molar-refractivity contribution in [1.29, 1.82) is 0 Å². The van der Waals surface area contributed by atoms with E-state index >= 15 is 0 Å². The Morgan fingerprint density at radius 2 is 1.92 bits per heavy atom. The van der Waals surface area contributed by atoms with Gasteiger partial charge in [0.1, 0.15) is 11.3 Å². The van der Waals surface area contributed by atoms with Crippen LogP contribution in [0.15, 0.2) is 65.2 Å². The second kappa shape index (κ2) is 7.17. The molecule has 6 nitrogen and oxygen atoms in total. The molecule has 2 heterocycles. The summed E-state index contributed by atoms with van der Waals surface area (Å²) < 4.78 is 0. The Hall–Kier alpha value is -3.15. The molecule has 1 aromatic heterocycles. The summed E-state index contributed by atoms with van der Waals surface area (Å²) in [5, 5.41) is 14.5. The van der Waals surface area contributed by atoms with Gasteiger partial charge in [0, 0.05) is 18.1 Å². The van der Waals surface area contributed by atoms with E-state index in [0.717, 1.165) is 16.8 Å². The van der Waals surface area contributed by atoms with Crippen molar-refractivity contribution in [2.45, 2.75) is 20.4 Å². The van der Waals surface area contributed by atoms with Gasteiger partial charge in [-0.25, -0.2) is 0 Å². The number of pyridine rings is 1. The number of nitrogens with one attached hydrogen (secondary N) is 1. The number of aliphatic hydroxyl groups is 1. The van der Waals surface area contributed by atoms with E-state index in [1.165, 1.54) is 0 Å². The van der Waals surface area contributed by atoms with Crippen LogP contribution in [0.25, 0.3) is 0 Å². The van der Waals surface area contributed by atoms with E-state index < -0.39 is 0 Å². The number of aliphatic hydroxyl groups excluding tert-OH is 1. The fourth-order valence-electron chi connectivity index (χ4n) is 2.66. The molecule has 0 radical (unpaired) electrons. The molecule has 25 heavy (non-hydrogen) atoms. The zero-order chi connectivity index (χ0) is 17.8. The van der Waals surface area contributed by atoms with E-state index in [9.17, 15) is 9.90 Å². The SMILES string of the molecule is CC(=NNCc1ccncc1)C1=C(O)CN(c2ccc(C)cc2)C1=O. The summed E-state index contributed by atoms with van der Waals surface area (Å²) in [5.74, 6) is -0.203. The second-order valence-electron chi connectivity index (χ2n) is 5.94. The van der Waals surface area contributed by atoms with Crippen LogP contribution in [0.4, 0.5) is 5.69 Å². The molecule has 1 amide bonds. The second-order valence-corrected chi connectivity index (χ2v) is 5.94. The van der Waals surface area contributed by atoms with Crippen molar-refractivity contribution in [1.82, 2.24) is 10.4 Å². The Kier molecular flexibility index (Phi) is 4.79. The highest BCUT2D eigenvalue weighted by atomic mass is 16.3. The van der Waals surface area contributed by atoms with E-state index in [-0.39, 0.29) is 23.8 Å². The van der Waals surface area contributed by atoms with Gasteiger partial charge in [-0.05, 0) is 43.7 Å². The number of rotatable bonds is 5. The van der Waals surface area contributed by atoms with E-state index in [0.29, 0.717) is 12.3 Å². The van der Waals surface area contributed by atoms with Crippen molar-refractivity contribution in [3.63, 3.8) is 0 Å². The first-order valence-electron chi connectivity index (χ1n) is 8.03. The van der Waals surface area contributed by atoms with E-state index in [4.69, 9.17) is 0 Å². The topological polar surface area (TPSA) is 77.8 Å². The number of anilines is 1. The molecule has 6 heteroatoms. The normalized spacial score (nSPS) is 15.0. The first-order chi connectivity index (χ1) is 12.1. The van der Waals surface area contributed by atoms with Gasteiger partial charge in [0.15, 0.2) is 0 Å². The number of aryl methyl sites for hydroxylation is 1. The number of benzene rings is 1. The Balaban J connectivity index is 1.70. The van der Waals surface area contributed by atoms with Crippen LogP contribution in [-0.4, -0.2) is 28.3 Å². The number of carbonyl (C=O) groups is 1. The highest BCUT2D eigenvalue weighted by molar-refractivity contribution is 6.27.